The summed E-state index contributed by atoms with van der Waals surface area (Å²) < 4.78 is 11.8. The molecule has 1 fully saturated rings. The maximum atomic E-state index is 5.94. The van der Waals surface area contributed by atoms with Crippen LogP contribution >= 0.6 is 0 Å². The van der Waals surface area contributed by atoms with E-state index < -0.39 is 0 Å². The van der Waals surface area contributed by atoms with E-state index in [1.54, 1.807) is 12.4 Å². The van der Waals surface area contributed by atoms with Gasteiger partial charge in [0, 0.05) is 51.0 Å². The molecular formula is C20H24N6O2. The van der Waals surface area contributed by atoms with Gasteiger partial charge in [-0.25, -0.2) is 15.0 Å². The largest absolute Gasteiger partial charge is 0.488 e. The molecule has 1 aliphatic heterocycles. The number of pyridine rings is 1. The summed E-state index contributed by atoms with van der Waals surface area (Å²) in [7, 11) is 1.85. The van der Waals surface area contributed by atoms with Gasteiger partial charge in [0.2, 0.25) is 0 Å². The first-order valence-electron chi connectivity index (χ1n) is 9.45. The molecule has 28 heavy (non-hydrogen) atoms. The van der Waals surface area contributed by atoms with Crippen molar-refractivity contribution in [2.24, 2.45) is 0 Å². The SMILES string of the molecule is CNc1ccc2cccc(OCCOc3nccnc3N3CCNCC3)c2n1. The summed E-state index contributed by atoms with van der Waals surface area (Å²) in [5.74, 6) is 2.87. The summed E-state index contributed by atoms with van der Waals surface area (Å²) in [5.41, 5.74) is 0.829. The highest BCUT2D eigenvalue weighted by Crippen LogP contribution is 2.26. The second kappa shape index (κ2) is 8.71. The van der Waals surface area contributed by atoms with Crippen molar-refractivity contribution < 1.29 is 9.47 Å². The van der Waals surface area contributed by atoms with Gasteiger partial charge < -0.3 is 25.0 Å². The Morgan fingerprint density at radius 3 is 2.71 bits per heavy atom. The number of rotatable bonds is 7. The molecule has 3 aromatic rings. The number of aromatic nitrogens is 3. The number of benzene rings is 1. The van der Waals surface area contributed by atoms with Crippen molar-refractivity contribution in [2.75, 3.05) is 56.7 Å². The van der Waals surface area contributed by atoms with Gasteiger partial charge in [-0.15, -0.1) is 0 Å². The van der Waals surface area contributed by atoms with E-state index in [0.717, 1.165) is 54.5 Å². The summed E-state index contributed by atoms with van der Waals surface area (Å²) in [4.78, 5) is 15.6. The van der Waals surface area contributed by atoms with Gasteiger partial charge >= 0.3 is 0 Å². The molecule has 3 heterocycles. The quantitative estimate of drug-likeness (QED) is 0.602. The molecule has 146 valence electrons. The van der Waals surface area contributed by atoms with Crippen molar-refractivity contribution in [3.8, 4) is 11.6 Å². The van der Waals surface area contributed by atoms with E-state index in [1.807, 2.05) is 37.4 Å². The summed E-state index contributed by atoms with van der Waals surface area (Å²) in [6.45, 7) is 4.41. The summed E-state index contributed by atoms with van der Waals surface area (Å²) in [6.07, 6.45) is 3.34. The average Bonchev–Trinajstić information content (AvgIpc) is 2.77. The van der Waals surface area contributed by atoms with Crippen molar-refractivity contribution in [3.05, 3.63) is 42.7 Å². The molecule has 0 bridgehead atoms. The number of nitrogens with zero attached hydrogens (tertiary/aromatic N) is 4. The van der Waals surface area contributed by atoms with Gasteiger partial charge in [-0.3, -0.25) is 0 Å². The maximum absolute atomic E-state index is 5.94. The van der Waals surface area contributed by atoms with Crippen LogP contribution < -0.4 is 25.0 Å². The highest BCUT2D eigenvalue weighted by Gasteiger charge is 2.17. The minimum Gasteiger partial charge on any atom is -0.488 e. The predicted octanol–water partition coefficient (Wildman–Crippen LogP) is 1.93. The lowest BCUT2D eigenvalue weighted by Gasteiger charge is -2.28. The topological polar surface area (TPSA) is 84.4 Å². The number of hydrogen-bond donors (Lipinski definition) is 2. The number of fused-ring (bicyclic) bond motifs is 1. The maximum Gasteiger partial charge on any atom is 0.257 e. The minimum absolute atomic E-state index is 0.375. The van der Waals surface area contributed by atoms with Gasteiger partial charge in [-0.05, 0) is 18.2 Å². The first kappa shape index (κ1) is 18.2. The third-order valence-electron chi connectivity index (χ3n) is 4.58. The predicted molar refractivity (Wildman–Crippen MR) is 109 cm³/mol. The fourth-order valence-corrected chi connectivity index (χ4v) is 3.18. The molecule has 1 saturated heterocycles. The zero-order valence-corrected chi connectivity index (χ0v) is 15.9. The number of hydrogen-bond acceptors (Lipinski definition) is 8. The molecule has 2 N–H and O–H groups in total. The van der Waals surface area contributed by atoms with E-state index in [9.17, 15) is 0 Å². The van der Waals surface area contributed by atoms with E-state index in [1.165, 1.54) is 0 Å². The fraction of sp³-hybridized carbons (Fsp3) is 0.350. The lowest BCUT2D eigenvalue weighted by Crippen LogP contribution is -2.44. The van der Waals surface area contributed by atoms with Crippen LogP contribution in [0.15, 0.2) is 42.7 Å². The molecule has 0 aliphatic carbocycles. The van der Waals surface area contributed by atoms with Crippen molar-refractivity contribution in [1.29, 1.82) is 0 Å². The zero-order valence-electron chi connectivity index (χ0n) is 15.9. The molecule has 1 aromatic carbocycles. The Balaban J connectivity index is 1.40. The summed E-state index contributed by atoms with van der Waals surface area (Å²) in [5, 5.41) is 7.43. The van der Waals surface area contributed by atoms with Gasteiger partial charge in [0.05, 0.1) is 0 Å². The summed E-state index contributed by atoms with van der Waals surface area (Å²) in [6, 6.07) is 9.87. The first-order chi connectivity index (χ1) is 13.8. The molecule has 0 unspecified atom stereocenters. The second-order valence-electron chi connectivity index (χ2n) is 6.39. The molecule has 0 atom stereocenters. The number of para-hydroxylation sites is 1. The van der Waals surface area contributed by atoms with E-state index in [0.29, 0.717) is 19.1 Å². The van der Waals surface area contributed by atoms with Crippen LogP contribution in [0.1, 0.15) is 0 Å². The highest BCUT2D eigenvalue weighted by atomic mass is 16.5. The number of ether oxygens (including phenoxy) is 2. The van der Waals surface area contributed by atoms with E-state index in [2.05, 4.69) is 30.5 Å². The van der Waals surface area contributed by atoms with Crippen molar-refractivity contribution in [2.45, 2.75) is 0 Å². The molecule has 8 nitrogen and oxygen atoms in total. The molecule has 0 spiro atoms. The standard InChI is InChI=1S/C20H24N6O2/c1-21-17-6-5-15-3-2-4-16(18(15)25-17)27-13-14-28-20-19(23-7-8-24-20)26-11-9-22-10-12-26/h2-8,22H,9-14H2,1H3,(H,21,25). The lowest BCUT2D eigenvalue weighted by atomic mass is 10.2. The van der Waals surface area contributed by atoms with E-state index in [-0.39, 0.29) is 0 Å². The Bertz CT molecular complexity index is 929. The van der Waals surface area contributed by atoms with Crippen LogP contribution in [0, 0.1) is 0 Å². The Morgan fingerprint density at radius 2 is 1.86 bits per heavy atom. The molecule has 0 saturated carbocycles. The number of nitrogens with one attached hydrogen (secondary N) is 2. The minimum atomic E-state index is 0.375. The second-order valence-corrected chi connectivity index (χ2v) is 6.39. The Morgan fingerprint density at radius 1 is 1.04 bits per heavy atom. The van der Waals surface area contributed by atoms with Gasteiger partial charge in [0.15, 0.2) is 5.82 Å². The van der Waals surface area contributed by atoms with E-state index in [4.69, 9.17) is 9.47 Å². The highest BCUT2D eigenvalue weighted by molar-refractivity contribution is 5.85. The van der Waals surface area contributed by atoms with Crippen LogP contribution in [-0.4, -0.2) is 61.4 Å². The first-order valence-corrected chi connectivity index (χ1v) is 9.45. The molecule has 0 radical (unpaired) electrons. The smallest absolute Gasteiger partial charge is 0.257 e. The van der Waals surface area contributed by atoms with Crippen LogP contribution in [0.25, 0.3) is 10.9 Å². The normalized spacial score (nSPS) is 14.1. The van der Waals surface area contributed by atoms with Crippen LogP contribution in [0.4, 0.5) is 11.6 Å². The third-order valence-corrected chi connectivity index (χ3v) is 4.58. The monoisotopic (exact) mass is 380 g/mol. The van der Waals surface area contributed by atoms with Crippen LogP contribution in [0.2, 0.25) is 0 Å². The molecule has 1 aliphatic rings. The van der Waals surface area contributed by atoms with Crippen molar-refractivity contribution in [3.63, 3.8) is 0 Å². The van der Waals surface area contributed by atoms with Gasteiger partial charge in [-0.1, -0.05) is 12.1 Å². The fourth-order valence-electron chi connectivity index (χ4n) is 3.18. The van der Waals surface area contributed by atoms with Crippen LogP contribution in [-0.2, 0) is 0 Å². The molecule has 4 rings (SSSR count). The average molecular weight is 380 g/mol. The van der Waals surface area contributed by atoms with Gasteiger partial charge in [-0.2, -0.15) is 0 Å². The van der Waals surface area contributed by atoms with Gasteiger partial charge in [0.25, 0.3) is 5.88 Å². The Kier molecular flexibility index (Phi) is 5.67. The number of anilines is 2. The zero-order chi connectivity index (χ0) is 19.2. The van der Waals surface area contributed by atoms with Gasteiger partial charge in [0.1, 0.15) is 30.3 Å². The van der Waals surface area contributed by atoms with Crippen LogP contribution in [0.3, 0.4) is 0 Å². The van der Waals surface area contributed by atoms with Crippen molar-refractivity contribution >= 4 is 22.5 Å². The van der Waals surface area contributed by atoms with Crippen LogP contribution in [0.5, 0.6) is 11.6 Å². The molecular weight excluding hydrogens is 356 g/mol. The summed E-state index contributed by atoms with van der Waals surface area (Å²) >= 11 is 0. The lowest BCUT2D eigenvalue weighted by molar-refractivity contribution is 0.213. The number of piperazine rings is 1. The Labute approximate surface area is 163 Å². The third kappa shape index (κ3) is 4.07. The molecule has 2 aromatic heterocycles. The van der Waals surface area contributed by atoms with E-state index >= 15 is 0 Å². The van der Waals surface area contributed by atoms with Crippen molar-refractivity contribution in [1.82, 2.24) is 20.3 Å². The Hall–Kier alpha value is -3.13. The molecule has 8 heteroatoms. The molecule has 0 amide bonds.